The molecule has 0 bridgehead atoms. The first-order valence-electron chi connectivity index (χ1n) is 9.79. The number of rotatable bonds is 8. The Morgan fingerprint density at radius 1 is 0.967 bits per heavy atom. The van der Waals surface area contributed by atoms with Crippen molar-refractivity contribution in [3.8, 4) is 11.5 Å². The molecule has 30 heavy (non-hydrogen) atoms. The van der Waals surface area contributed by atoms with E-state index in [1.165, 1.54) is 18.5 Å². The largest absolute Gasteiger partial charge is 0.497 e. The fraction of sp³-hybridized carbons (Fsp3) is 0.381. The fourth-order valence-electron chi connectivity index (χ4n) is 3.29. The van der Waals surface area contributed by atoms with E-state index in [0.29, 0.717) is 36.0 Å². The Labute approximate surface area is 177 Å². The van der Waals surface area contributed by atoms with Gasteiger partial charge in [-0.25, -0.2) is 8.42 Å². The number of nitrogens with one attached hydrogen (secondary N) is 2. The summed E-state index contributed by atoms with van der Waals surface area (Å²) < 4.78 is 37.6. The van der Waals surface area contributed by atoms with E-state index in [1.54, 1.807) is 42.5 Å². The second-order valence-corrected chi connectivity index (χ2v) is 8.93. The Kier molecular flexibility index (Phi) is 7.17. The predicted molar refractivity (Wildman–Crippen MR) is 116 cm³/mol. The van der Waals surface area contributed by atoms with E-state index >= 15 is 0 Å². The summed E-state index contributed by atoms with van der Waals surface area (Å²) in [4.78, 5) is 12.6. The molecule has 0 unspecified atom stereocenters. The van der Waals surface area contributed by atoms with E-state index in [9.17, 15) is 13.2 Å². The highest BCUT2D eigenvalue weighted by molar-refractivity contribution is 7.89. The average molecular weight is 434 g/mol. The zero-order chi connectivity index (χ0) is 21.6. The van der Waals surface area contributed by atoms with E-state index in [0.717, 1.165) is 19.3 Å². The molecule has 2 aromatic rings. The lowest BCUT2D eigenvalue weighted by atomic mass is 10.2. The molecule has 0 radical (unpaired) electrons. The average Bonchev–Trinajstić information content (AvgIpc) is 2.78. The molecule has 2 N–H and O–H groups in total. The number of ether oxygens (including phenoxy) is 2. The Hall–Kier alpha value is -2.78. The van der Waals surface area contributed by atoms with Crippen molar-refractivity contribution in [3.05, 3.63) is 42.5 Å². The summed E-state index contributed by atoms with van der Waals surface area (Å²) in [6, 6.07) is 11.6. The Morgan fingerprint density at radius 2 is 1.63 bits per heavy atom. The number of piperidine rings is 1. The highest BCUT2D eigenvalue weighted by Gasteiger charge is 2.26. The number of amides is 1. The number of benzene rings is 2. The quantitative estimate of drug-likeness (QED) is 0.664. The second-order valence-electron chi connectivity index (χ2n) is 7.00. The minimum atomic E-state index is -3.52. The number of carbonyl (C=O) groups is 1. The van der Waals surface area contributed by atoms with Crippen molar-refractivity contribution in [1.29, 1.82) is 0 Å². The van der Waals surface area contributed by atoms with Gasteiger partial charge in [-0.05, 0) is 31.0 Å². The van der Waals surface area contributed by atoms with E-state index in [-0.39, 0.29) is 17.3 Å². The zero-order valence-corrected chi connectivity index (χ0v) is 18.0. The summed E-state index contributed by atoms with van der Waals surface area (Å²) in [6.07, 6.45) is 2.82. The molecule has 1 amide bonds. The molecule has 1 aliphatic rings. The normalized spacial score (nSPS) is 14.7. The van der Waals surface area contributed by atoms with Crippen LogP contribution in [0.2, 0.25) is 0 Å². The molecule has 2 aromatic carbocycles. The number of hydrogen-bond acceptors (Lipinski definition) is 6. The lowest BCUT2D eigenvalue weighted by Crippen LogP contribution is -2.35. The van der Waals surface area contributed by atoms with Crippen molar-refractivity contribution < 1.29 is 22.7 Å². The van der Waals surface area contributed by atoms with Gasteiger partial charge >= 0.3 is 0 Å². The number of hydrogen-bond donors (Lipinski definition) is 2. The molecule has 0 aromatic heterocycles. The van der Waals surface area contributed by atoms with Crippen molar-refractivity contribution in [2.45, 2.75) is 24.2 Å². The number of sulfonamides is 1. The third-order valence-electron chi connectivity index (χ3n) is 4.88. The highest BCUT2D eigenvalue weighted by Crippen LogP contribution is 2.26. The summed E-state index contributed by atoms with van der Waals surface area (Å²) in [5.74, 6) is 0.844. The standard InChI is InChI=1S/C21H27N3O5S/c1-28-18-11-17(12-19(14-18)29-2)23-21(25)15-22-16-7-6-8-20(13-16)30(26,27)24-9-4-3-5-10-24/h6-8,11-14,22H,3-5,9-10,15H2,1-2H3,(H,23,25). The van der Waals surface area contributed by atoms with Crippen LogP contribution in [-0.4, -0.2) is 52.5 Å². The molecular formula is C21H27N3O5S. The van der Waals surface area contributed by atoms with Crippen LogP contribution in [0, 0.1) is 0 Å². The van der Waals surface area contributed by atoms with Gasteiger partial charge in [-0.3, -0.25) is 4.79 Å². The number of anilines is 2. The molecule has 1 heterocycles. The van der Waals surface area contributed by atoms with Crippen LogP contribution in [0.5, 0.6) is 11.5 Å². The van der Waals surface area contributed by atoms with Gasteiger partial charge in [-0.1, -0.05) is 12.5 Å². The van der Waals surface area contributed by atoms with Crippen LogP contribution in [0.15, 0.2) is 47.4 Å². The molecule has 1 aliphatic heterocycles. The molecule has 0 saturated carbocycles. The van der Waals surface area contributed by atoms with Crippen molar-refractivity contribution in [3.63, 3.8) is 0 Å². The lowest BCUT2D eigenvalue weighted by molar-refractivity contribution is -0.114. The van der Waals surface area contributed by atoms with Crippen molar-refractivity contribution in [1.82, 2.24) is 4.31 Å². The summed E-state index contributed by atoms with van der Waals surface area (Å²) in [6.45, 7) is 1.07. The smallest absolute Gasteiger partial charge is 0.243 e. The molecule has 0 aliphatic carbocycles. The van der Waals surface area contributed by atoms with Crippen molar-refractivity contribution in [2.75, 3.05) is 44.5 Å². The first-order valence-corrected chi connectivity index (χ1v) is 11.2. The second kappa shape index (κ2) is 9.82. The summed E-state index contributed by atoms with van der Waals surface area (Å²) in [5, 5.41) is 5.75. The van der Waals surface area contributed by atoms with Gasteiger partial charge in [0.05, 0.1) is 25.7 Å². The lowest BCUT2D eigenvalue weighted by Gasteiger charge is -2.26. The van der Waals surface area contributed by atoms with Crippen LogP contribution < -0.4 is 20.1 Å². The molecule has 9 heteroatoms. The van der Waals surface area contributed by atoms with E-state index in [2.05, 4.69) is 10.6 Å². The van der Waals surface area contributed by atoms with E-state index in [4.69, 9.17) is 9.47 Å². The number of nitrogens with zero attached hydrogens (tertiary/aromatic N) is 1. The molecule has 1 fully saturated rings. The summed E-state index contributed by atoms with van der Waals surface area (Å²) in [5.41, 5.74) is 1.10. The molecule has 0 atom stereocenters. The minimum absolute atomic E-state index is 0.0211. The van der Waals surface area contributed by atoms with Gasteiger partial charge in [0.1, 0.15) is 11.5 Å². The molecule has 162 valence electrons. The summed E-state index contributed by atoms with van der Waals surface area (Å²) >= 11 is 0. The number of carbonyl (C=O) groups excluding carboxylic acids is 1. The van der Waals surface area contributed by atoms with E-state index in [1.807, 2.05) is 0 Å². The first kappa shape index (κ1) is 21.9. The van der Waals surface area contributed by atoms with Gasteiger partial charge in [0.2, 0.25) is 15.9 Å². The van der Waals surface area contributed by atoms with Gasteiger partial charge < -0.3 is 20.1 Å². The van der Waals surface area contributed by atoms with Crippen LogP contribution in [0.3, 0.4) is 0 Å². The molecule has 3 rings (SSSR count). The van der Waals surface area contributed by atoms with E-state index < -0.39 is 10.0 Å². The topological polar surface area (TPSA) is 97.0 Å². The van der Waals surface area contributed by atoms with Crippen molar-refractivity contribution in [2.24, 2.45) is 0 Å². The zero-order valence-electron chi connectivity index (χ0n) is 17.2. The van der Waals surface area contributed by atoms with Crippen molar-refractivity contribution >= 4 is 27.3 Å². The molecule has 1 saturated heterocycles. The molecule has 0 spiro atoms. The Balaban J connectivity index is 1.63. The maximum Gasteiger partial charge on any atom is 0.243 e. The van der Waals surface area contributed by atoms with Gasteiger partial charge in [0.25, 0.3) is 0 Å². The van der Waals surface area contributed by atoms with Crippen LogP contribution in [-0.2, 0) is 14.8 Å². The SMILES string of the molecule is COc1cc(NC(=O)CNc2cccc(S(=O)(=O)N3CCCCC3)c2)cc(OC)c1. The number of methoxy groups -OCH3 is 2. The van der Waals surface area contributed by atoms with Crippen LogP contribution in [0.1, 0.15) is 19.3 Å². The molecular weight excluding hydrogens is 406 g/mol. The highest BCUT2D eigenvalue weighted by atomic mass is 32.2. The Morgan fingerprint density at radius 3 is 2.27 bits per heavy atom. The molecule has 8 nitrogen and oxygen atoms in total. The minimum Gasteiger partial charge on any atom is -0.497 e. The van der Waals surface area contributed by atoms with Gasteiger partial charge in [-0.15, -0.1) is 0 Å². The van der Waals surface area contributed by atoms with Crippen LogP contribution in [0.4, 0.5) is 11.4 Å². The maximum absolute atomic E-state index is 12.8. The van der Waals surface area contributed by atoms with Crippen LogP contribution >= 0.6 is 0 Å². The third-order valence-corrected chi connectivity index (χ3v) is 6.77. The third kappa shape index (κ3) is 5.43. The Bertz CT molecular complexity index is 966. The summed E-state index contributed by atoms with van der Waals surface area (Å²) in [7, 11) is -0.453. The van der Waals surface area contributed by atoms with Gasteiger partial charge in [-0.2, -0.15) is 4.31 Å². The predicted octanol–water partition coefficient (Wildman–Crippen LogP) is 2.93. The monoisotopic (exact) mass is 433 g/mol. The van der Waals surface area contributed by atoms with Crippen LogP contribution in [0.25, 0.3) is 0 Å². The van der Waals surface area contributed by atoms with Gasteiger partial charge in [0.15, 0.2) is 0 Å². The van der Waals surface area contributed by atoms with Gasteiger partial charge in [0, 0.05) is 42.7 Å². The fourth-order valence-corrected chi connectivity index (χ4v) is 4.85. The maximum atomic E-state index is 12.8. The first-order chi connectivity index (χ1) is 14.4.